The smallest absolute Gasteiger partial charge is 0.262 e. The van der Waals surface area contributed by atoms with E-state index in [0.717, 1.165) is 31.1 Å². The van der Waals surface area contributed by atoms with E-state index in [1.54, 1.807) is 35.4 Å². The molecule has 9 heteroatoms. The molecule has 0 spiro atoms. The fraction of sp³-hybridized carbons (Fsp3) is 0.381. The molecule has 0 aromatic carbocycles. The van der Waals surface area contributed by atoms with Crippen LogP contribution >= 0.6 is 0 Å². The molecular formula is C21H23N7O2. The number of hydrogen-bond donors (Lipinski definition) is 3. The van der Waals surface area contributed by atoms with Crippen molar-refractivity contribution in [3.63, 3.8) is 0 Å². The van der Waals surface area contributed by atoms with Crippen molar-refractivity contribution < 1.29 is 5.11 Å². The highest BCUT2D eigenvalue weighted by molar-refractivity contribution is 5.93. The third kappa shape index (κ3) is 4.39. The lowest BCUT2D eigenvalue weighted by Crippen LogP contribution is -2.29. The van der Waals surface area contributed by atoms with Gasteiger partial charge in [0.1, 0.15) is 17.5 Å². The van der Waals surface area contributed by atoms with Crippen molar-refractivity contribution in [2.45, 2.75) is 50.8 Å². The van der Waals surface area contributed by atoms with Crippen LogP contribution in [0, 0.1) is 11.3 Å². The Morgan fingerprint density at radius 2 is 2.07 bits per heavy atom. The molecule has 0 unspecified atom stereocenters. The Balaban J connectivity index is 1.74. The van der Waals surface area contributed by atoms with Crippen molar-refractivity contribution >= 4 is 28.2 Å². The molecule has 0 amide bonds. The van der Waals surface area contributed by atoms with Gasteiger partial charge in [-0.1, -0.05) is 0 Å². The first-order valence-electron chi connectivity index (χ1n) is 10.0. The standard InChI is InChI=1S/C21H23N7O2/c22-7-1-10-28-11-6-14-12-17(26-18-13-23-8-9-24-18)27-20(19(14)21(28)30)25-15-2-4-16(29)5-3-15/h6,8-9,11-13,15-16,29H,1-5,10H2,(H2,24,25,26,27). The number of rotatable bonds is 6. The third-order valence-electron chi connectivity index (χ3n) is 5.28. The van der Waals surface area contributed by atoms with Crippen LogP contribution in [0.4, 0.5) is 17.5 Å². The first-order valence-corrected chi connectivity index (χ1v) is 10.0. The summed E-state index contributed by atoms with van der Waals surface area (Å²) in [5.41, 5.74) is -0.181. The van der Waals surface area contributed by atoms with Gasteiger partial charge in [-0.15, -0.1) is 0 Å². The van der Waals surface area contributed by atoms with Gasteiger partial charge in [-0.3, -0.25) is 9.78 Å². The molecule has 0 bridgehead atoms. The Bertz CT molecular complexity index is 1120. The number of nitriles is 1. The molecule has 1 aliphatic carbocycles. The van der Waals surface area contributed by atoms with Crippen LogP contribution in [-0.4, -0.2) is 36.8 Å². The Morgan fingerprint density at radius 3 is 2.80 bits per heavy atom. The van der Waals surface area contributed by atoms with Gasteiger partial charge < -0.3 is 20.3 Å². The minimum Gasteiger partial charge on any atom is -0.393 e. The molecule has 3 aromatic heterocycles. The number of aliphatic hydroxyl groups is 1. The topological polar surface area (TPSA) is 129 Å². The van der Waals surface area contributed by atoms with Gasteiger partial charge in [0.2, 0.25) is 0 Å². The van der Waals surface area contributed by atoms with Crippen molar-refractivity contribution in [1.82, 2.24) is 19.5 Å². The van der Waals surface area contributed by atoms with E-state index in [4.69, 9.17) is 5.26 Å². The molecule has 9 nitrogen and oxygen atoms in total. The Morgan fingerprint density at radius 1 is 1.23 bits per heavy atom. The molecule has 4 rings (SSSR count). The summed E-state index contributed by atoms with van der Waals surface area (Å²) in [5.74, 6) is 1.60. The second-order valence-electron chi connectivity index (χ2n) is 7.41. The summed E-state index contributed by atoms with van der Waals surface area (Å²) < 4.78 is 1.54. The van der Waals surface area contributed by atoms with Crippen LogP contribution in [0.5, 0.6) is 0 Å². The van der Waals surface area contributed by atoms with E-state index in [2.05, 4.69) is 31.7 Å². The molecule has 3 aromatic rings. The fourth-order valence-corrected chi connectivity index (χ4v) is 3.73. The van der Waals surface area contributed by atoms with E-state index in [0.29, 0.717) is 29.4 Å². The quantitative estimate of drug-likeness (QED) is 0.571. The van der Waals surface area contributed by atoms with Gasteiger partial charge in [-0.25, -0.2) is 9.97 Å². The third-order valence-corrected chi connectivity index (χ3v) is 5.28. The predicted molar refractivity (Wildman–Crippen MR) is 113 cm³/mol. The van der Waals surface area contributed by atoms with Gasteiger partial charge in [0.25, 0.3) is 5.56 Å². The van der Waals surface area contributed by atoms with E-state index < -0.39 is 0 Å². The van der Waals surface area contributed by atoms with Crippen LogP contribution < -0.4 is 16.2 Å². The van der Waals surface area contributed by atoms with Crippen molar-refractivity contribution in [2.75, 3.05) is 10.6 Å². The van der Waals surface area contributed by atoms with Crippen molar-refractivity contribution in [1.29, 1.82) is 5.26 Å². The average Bonchev–Trinajstić information content (AvgIpc) is 2.75. The van der Waals surface area contributed by atoms with Gasteiger partial charge in [-0.05, 0) is 43.2 Å². The van der Waals surface area contributed by atoms with Crippen molar-refractivity contribution in [3.05, 3.63) is 47.3 Å². The molecule has 0 atom stereocenters. The van der Waals surface area contributed by atoms with E-state index in [9.17, 15) is 9.90 Å². The van der Waals surface area contributed by atoms with E-state index in [1.807, 2.05) is 6.07 Å². The summed E-state index contributed by atoms with van der Waals surface area (Å²) in [6, 6.07) is 5.86. The lowest BCUT2D eigenvalue weighted by Gasteiger charge is -2.27. The molecule has 1 saturated carbocycles. The normalized spacial score (nSPS) is 18.7. The SMILES string of the molecule is N#CCCn1ccc2cc(Nc3cnccn3)nc(NC3CCC(O)CC3)c2c1=O. The Kier molecular flexibility index (Phi) is 5.86. The van der Waals surface area contributed by atoms with Gasteiger partial charge in [0.15, 0.2) is 0 Å². The number of pyridine rings is 2. The molecule has 0 saturated heterocycles. The summed E-state index contributed by atoms with van der Waals surface area (Å²) in [6.45, 7) is 0.333. The number of anilines is 3. The van der Waals surface area contributed by atoms with Crippen molar-refractivity contribution in [3.8, 4) is 6.07 Å². The lowest BCUT2D eigenvalue weighted by atomic mass is 9.93. The van der Waals surface area contributed by atoms with E-state index in [-0.39, 0.29) is 24.1 Å². The van der Waals surface area contributed by atoms with Gasteiger partial charge in [0.05, 0.1) is 30.2 Å². The number of aromatic nitrogens is 4. The van der Waals surface area contributed by atoms with E-state index >= 15 is 0 Å². The van der Waals surface area contributed by atoms with E-state index in [1.165, 1.54) is 0 Å². The molecule has 1 fully saturated rings. The average molecular weight is 405 g/mol. The number of nitrogens with one attached hydrogen (secondary N) is 2. The lowest BCUT2D eigenvalue weighted by molar-refractivity contribution is 0.126. The molecule has 154 valence electrons. The first kappa shape index (κ1) is 19.8. The minimum absolute atomic E-state index is 0.128. The maximum absolute atomic E-state index is 13.1. The van der Waals surface area contributed by atoms with Gasteiger partial charge in [-0.2, -0.15) is 5.26 Å². The molecule has 1 aliphatic rings. The van der Waals surface area contributed by atoms with Crippen LogP contribution in [0.25, 0.3) is 10.8 Å². The highest BCUT2D eigenvalue weighted by atomic mass is 16.3. The van der Waals surface area contributed by atoms with Gasteiger partial charge in [0, 0.05) is 31.2 Å². The summed E-state index contributed by atoms with van der Waals surface area (Å²) in [4.78, 5) is 26.0. The Hall–Kier alpha value is -3.51. The Labute approximate surface area is 173 Å². The predicted octanol–water partition coefficient (Wildman–Crippen LogP) is 2.56. The maximum atomic E-state index is 13.1. The van der Waals surface area contributed by atoms with Crippen LogP contribution in [0.2, 0.25) is 0 Å². The minimum atomic E-state index is -0.263. The number of fused-ring (bicyclic) bond motifs is 1. The molecule has 3 N–H and O–H groups in total. The zero-order valence-corrected chi connectivity index (χ0v) is 16.5. The summed E-state index contributed by atoms with van der Waals surface area (Å²) in [6.07, 6.45) is 9.53. The second kappa shape index (κ2) is 8.88. The van der Waals surface area contributed by atoms with Crippen LogP contribution in [-0.2, 0) is 6.54 Å². The number of hydrogen-bond acceptors (Lipinski definition) is 8. The maximum Gasteiger partial charge on any atom is 0.262 e. The molecule has 30 heavy (non-hydrogen) atoms. The largest absolute Gasteiger partial charge is 0.393 e. The number of nitrogens with zero attached hydrogens (tertiary/aromatic N) is 5. The molecule has 3 heterocycles. The zero-order valence-electron chi connectivity index (χ0n) is 16.5. The number of aliphatic hydroxyl groups excluding tert-OH is 1. The summed E-state index contributed by atoms with van der Waals surface area (Å²) >= 11 is 0. The summed E-state index contributed by atoms with van der Waals surface area (Å²) in [7, 11) is 0. The van der Waals surface area contributed by atoms with Gasteiger partial charge >= 0.3 is 0 Å². The fourth-order valence-electron chi connectivity index (χ4n) is 3.73. The van der Waals surface area contributed by atoms with Crippen LogP contribution in [0.1, 0.15) is 32.1 Å². The monoisotopic (exact) mass is 405 g/mol. The zero-order chi connectivity index (χ0) is 20.9. The highest BCUT2D eigenvalue weighted by Crippen LogP contribution is 2.27. The molecule has 0 radical (unpaired) electrons. The van der Waals surface area contributed by atoms with Crippen LogP contribution in [0.15, 0.2) is 41.7 Å². The summed E-state index contributed by atoms with van der Waals surface area (Å²) in [5, 5.41) is 26.4. The molecule has 0 aliphatic heterocycles. The van der Waals surface area contributed by atoms with Crippen LogP contribution in [0.3, 0.4) is 0 Å². The first-order chi connectivity index (χ1) is 14.6. The van der Waals surface area contributed by atoms with Crippen molar-refractivity contribution in [2.24, 2.45) is 0 Å². The highest BCUT2D eigenvalue weighted by Gasteiger charge is 2.21. The number of aryl methyl sites for hydroxylation is 1. The second-order valence-corrected chi connectivity index (χ2v) is 7.41. The molecular weight excluding hydrogens is 382 g/mol.